The number of methoxy groups -OCH3 is 1. The van der Waals surface area contributed by atoms with E-state index < -0.39 is 30.7 Å². The lowest BCUT2D eigenvalue weighted by molar-refractivity contribution is -0.250. The van der Waals surface area contributed by atoms with Crippen molar-refractivity contribution in [1.82, 2.24) is 19.7 Å². The fraction of sp³-hybridized carbons (Fsp3) is 0.538. The molecule has 1 aliphatic rings. The number of aromatic nitrogens is 4. The van der Waals surface area contributed by atoms with Gasteiger partial charge in [-0.2, -0.15) is 18.3 Å². The van der Waals surface area contributed by atoms with Crippen molar-refractivity contribution in [2.75, 3.05) is 25.1 Å². The summed E-state index contributed by atoms with van der Waals surface area (Å²) in [6.07, 6.45) is -2.61. The van der Waals surface area contributed by atoms with E-state index in [1.807, 2.05) is 0 Å². The van der Waals surface area contributed by atoms with Gasteiger partial charge in [-0.15, -0.1) is 0 Å². The maximum Gasteiger partial charge on any atom is 0.418 e. The number of aliphatic hydroxyl groups is 1. The molecule has 0 unspecified atom stereocenters. The average Bonchev–Trinajstić information content (AvgIpc) is 3.11. The van der Waals surface area contributed by atoms with Crippen molar-refractivity contribution in [3.05, 3.63) is 12.5 Å². The summed E-state index contributed by atoms with van der Waals surface area (Å²) in [5, 5.41) is 14.2. The van der Waals surface area contributed by atoms with E-state index in [1.54, 1.807) is 0 Å². The number of alkyl halides is 3. The summed E-state index contributed by atoms with van der Waals surface area (Å²) in [5.41, 5.74) is -2.47. The molecule has 0 saturated carbocycles. The Morgan fingerprint density at radius 2 is 2.21 bits per heavy atom. The predicted molar refractivity (Wildman–Crippen MR) is 75.2 cm³/mol. The van der Waals surface area contributed by atoms with Crippen LogP contribution < -0.4 is 4.90 Å². The Labute approximate surface area is 133 Å². The minimum atomic E-state index is -4.72. The zero-order valence-electron chi connectivity index (χ0n) is 12.6. The summed E-state index contributed by atoms with van der Waals surface area (Å²) in [4.78, 5) is 20.7. The monoisotopic (exact) mass is 345 g/mol. The highest BCUT2D eigenvalue weighted by molar-refractivity contribution is 5.87. The number of halogens is 3. The molecule has 1 atom stereocenters. The van der Waals surface area contributed by atoms with E-state index >= 15 is 0 Å². The van der Waals surface area contributed by atoms with Crippen LogP contribution >= 0.6 is 0 Å². The lowest BCUT2D eigenvalue weighted by Gasteiger charge is -2.26. The van der Waals surface area contributed by atoms with Crippen LogP contribution in [0.25, 0.3) is 11.0 Å². The van der Waals surface area contributed by atoms with Crippen LogP contribution in [-0.4, -0.2) is 62.8 Å². The van der Waals surface area contributed by atoms with Gasteiger partial charge in [0.2, 0.25) is 0 Å². The van der Waals surface area contributed by atoms with Crippen molar-refractivity contribution in [3.8, 4) is 0 Å². The van der Waals surface area contributed by atoms with Crippen LogP contribution in [-0.2, 0) is 16.1 Å². The van der Waals surface area contributed by atoms with Crippen molar-refractivity contribution >= 4 is 22.8 Å². The maximum absolute atomic E-state index is 13.0. The van der Waals surface area contributed by atoms with Gasteiger partial charge in [0.1, 0.15) is 18.7 Å². The topological polar surface area (TPSA) is 93.4 Å². The molecule has 11 heteroatoms. The lowest BCUT2D eigenvalue weighted by Crippen LogP contribution is -2.47. The zero-order valence-corrected chi connectivity index (χ0v) is 12.6. The number of ether oxygens (including phenoxy) is 1. The molecule has 0 spiro atoms. The molecule has 0 aliphatic carbocycles. The first-order chi connectivity index (χ1) is 11.2. The number of carbonyl (C=O) groups excluding carboxylic acids is 1. The Balaban J connectivity index is 1.93. The van der Waals surface area contributed by atoms with E-state index in [1.165, 1.54) is 29.2 Å². The molecule has 8 nitrogen and oxygen atoms in total. The molecule has 1 N–H and O–H groups in total. The van der Waals surface area contributed by atoms with Gasteiger partial charge in [0.25, 0.3) is 0 Å². The number of anilines is 1. The molecular formula is C13H14F3N5O3. The van der Waals surface area contributed by atoms with E-state index in [4.69, 9.17) is 0 Å². The first kappa shape index (κ1) is 16.4. The zero-order chi connectivity index (χ0) is 17.5. The second-order valence-electron chi connectivity index (χ2n) is 5.51. The van der Waals surface area contributed by atoms with Gasteiger partial charge in [-0.1, -0.05) is 0 Å². The van der Waals surface area contributed by atoms with E-state index in [2.05, 4.69) is 19.8 Å². The third-order valence-electron chi connectivity index (χ3n) is 3.99. The SMILES string of the molecule is COC(=O)Cn1ncc2c(N3CC[C@@](O)(C(F)(F)F)C3)ncnc21. The molecule has 130 valence electrons. The molecule has 0 radical (unpaired) electrons. The Morgan fingerprint density at radius 3 is 2.83 bits per heavy atom. The van der Waals surface area contributed by atoms with Crippen molar-refractivity contribution in [3.63, 3.8) is 0 Å². The van der Waals surface area contributed by atoms with Crippen molar-refractivity contribution in [2.45, 2.75) is 24.7 Å². The van der Waals surface area contributed by atoms with Gasteiger partial charge in [-0.25, -0.2) is 14.6 Å². The molecule has 3 rings (SSSR count). The number of rotatable bonds is 3. The van der Waals surface area contributed by atoms with Crippen LogP contribution in [0, 0.1) is 0 Å². The minimum absolute atomic E-state index is 0.00962. The Kier molecular flexibility index (Phi) is 3.82. The standard InChI is InChI=1S/C13H14F3N5O3/c1-24-9(22)5-21-11-8(4-19-21)10(17-7-18-11)20-3-2-12(23,6-20)13(14,15)16/h4,7,23H,2-3,5-6H2,1H3/t12-/m0/s1. The second-order valence-corrected chi connectivity index (χ2v) is 5.51. The smallest absolute Gasteiger partial charge is 0.418 e. The van der Waals surface area contributed by atoms with Gasteiger partial charge in [0.05, 0.1) is 25.2 Å². The van der Waals surface area contributed by atoms with Crippen LogP contribution in [0.5, 0.6) is 0 Å². The maximum atomic E-state index is 13.0. The number of esters is 1. The van der Waals surface area contributed by atoms with Gasteiger partial charge in [-0.3, -0.25) is 4.79 Å². The van der Waals surface area contributed by atoms with Crippen molar-refractivity contribution in [2.24, 2.45) is 0 Å². The fourth-order valence-corrected chi connectivity index (χ4v) is 2.64. The quantitative estimate of drug-likeness (QED) is 0.810. The molecule has 0 bridgehead atoms. The number of β-amino-alcohol motifs (C(OH)–C–C–N with tert-alkyl or cyclic N) is 1. The van der Waals surface area contributed by atoms with Crippen molar-refractivity contribution < 1.29 is 27.8 Å². The van der Waals surface area contributed by atoms with E-state index in [9.17, 15) is 23.1 Å². The first-order valence-corrected chi connectivity index (χ1v) is 7.02. The molecule has 0 aromatic carbocycles. The molecule has 0 amide bonds. The molecule has 2 aromatic rings. The van der Waals surface area contributed by atoms with Gasteiger partial charge in [-0.05, 0) is 0 Å². The van der Waals surface area contributed by atoms with Crippen LogP contribution in [0.2, 0.25) is 0 Å². The molecule has 1 saturated heterocycles. The lowest BCUT2D eigenvalue weighted by atomic mass is 10.0. The average molecular weight is 345 g/mol. The fourth-order valence-electron chi connectivity index (χ4n) is 2.64. The summed E-state index contributed by atoms with van der Waals surface area (Å²) < 4.78 is 44.7. The van der Waals surface area contributed by atoms with Crippen molar-refractivity contribution in [1.29, 1.82) is 0 Å². The van der Waals surface area contributed by atoms with Crippen LogP contribution in [0.3, 0.4) is 0 Å². The largest absolute Gasteiger partial charge is 0.468 e. The Morgan fingerprint density at radius 1 is 1.46 bits per heavy atom. The molecule has 2 aromatic heterocycles. The molecular weight excluding hydrogens is 331 g/mol. The number of hydrogen-bond donors (Lipinski definition) is 1. The first-order valence-electron chi connectivity index (χ1n) is 7.02. The molecule has 1 fully saturated rings. The number of hydrogen-bond acceptors (Lipinski definition) is 7. The molecule has 1 aliphatic heterocycles. The summed E-state index contributed by atoms with van der Waals surface area (Å²) in [6, 6.07) is 0. The van der Waals surface area contributed by atoms with Crippen LogP contribution in [0.15, 0.2) is 12.5 Å². The van der Waals surface area contributed by atoms with Crippen LogP contribution in [0.4, 0.5) is 19.0 Å². The van der Waals surface area contributed by atoms with E-state index in [-0.39, 0.29) is 18.9 Å². The van der Waals surface area contributed by atoms with E-state index in [0.717, 1.165) is 0 Å². The summed E-state index contributed by atoms with van der Waals surface area (Å²) in [6.45, 7) is -0.807. The highest BCUT2D eigenvalue weighted by Gasteiger charge is 2.57. The number of nitrogens with zero attached hydrogens (tertiary/aromatic N) is 5. The summed E-state index contributed by atoms with van der Waals surface area (Å²) >= 11 is 0. The van der Waals surface area contributed by atoms with Gasteiger partial charge in [0.15, 0.2) is 11.2 Å². The van der Waals surface area contributed by atoms with Gasteiger partial charge < -0.3 is 14.7 Å². The Hall–Kier alpha value is -2.43. The third-order valence-corrected chi connectivity index (χ3v) is 3.99. The normalized spacial score (nSPS) is 21.5. The highest BCUT2D eigenvalue weighted by Crippen LogP contribution is 2.39. The summed E-state index contributed by atoms with van der Waals surface area (Å²) in [7, 11) is 1.23. The molecule has 3 heterocycles. The minimum Gasteiger partial charge on any atom is -0.468 e. The summed E-state index contributed by atoms with van der Waals surface area (Å²) in [5.74, 6) is -0.302. The van der Waals surface area contributed by atoms with Gasteiger partial charge in [0, 0.05) is 13.0 Å². The third kappa shape index (κ3) is 2.64. The van der Waals surface area contributed by atoms with Crippen LogP contribution in [0.1, 0.15) is 6.42 Å². The molecule has 24 heavy (non-hydrogen) atoms. The Bertz CT molecular complexity index is 778. The second kappa shape index (κ2) is 5.58. The number of carbonyl (C=O) groups is 1. The highest BCUT2D eigenvalue weighted by atomic mass is 19.4. The van der Waals surface area contributed by atoms with E-state index in [0.29, 0.717) is 11.0 Å². The van der Waals surface area contributed by atoms with Gasteiger partial charge >= 0.3 is 12.1 Å². The predicted octanol–water partition coefficient (Wildman–Crippen LogP) is 0.503. The number of fused-ring (bicyclic) bond motifs is 1.